The Morgan fingerprint density at radius 2 is 2.12 bits per heavy atom. The van der Waals surface area contributed by atoms with Gasteiger partial charge < -0.3 is 15.6 Å². The molecule has 0 bridgehead atoms. The van der Waals surface area contributed by atoms with Crippen LogP contribution in [0.25, 0.3) is 0 Å². The van der Waals surface area contributed by atoms with E-state index in [1.807, 2.05) is 13.8 Å². The molecular formula is C12H20N4O. The quantitative estimate of drug-likeness (QED) is 0.734. The van der Waals surface area contributed by atoms with Crippen molar-refractivity contribution in [3.05, 3.63) is 22.2 Å². The van der Waals surface area contributed by atoms with Gasteiger partial charge in [-0.15, -0.1) is 0 Å². The third-order valence-electron chi connectivity index (χ3n) is 3.00. The van der Waals surface area contributed by atoms with Crippen LogP contribution in [0.5, 0.6) is 0 Å². The van der Waals surface area contributed by atoms with E-state index >= 15 is 0 Å². The van der Waals surface area contributed by atoms with Crippen molar-refractivity contribution in [2.75, 3.05) is 18.4 Å². The van der Waals surface area contributed by atoms with Crippen LogP contribution in [-0.2, 0) is 0 Å². The Morgan fingerprint density at radius 3 is 2.76 bits per heavy atom. The Labute approximate surface area is 101 Å². The number of nitrogens with zero attached hydrogens (tertiary/aromatic N) is 1. The Hall–Kier alpha value is -1.36. The Balaban J connectivity index is 2.11. The molecule has 1 aromatic rings. The molecule has 0 aliphatic carbocycles. The fourth-order valence-electron chi connectivity index (χ4n) is 2.00. The van der Waals surface area contributed by atoms with E-state index in [4.69, 9.17) is 0 Å². The van der Waals surface area contributed by atoms with Crippen LogP contribution in [-0.4, -0.2) is 29.1 Å². The summed E-state index contributed by atoms with van der Waals surface area (Å²) in [5.41, 5.74) is -0.0832. The van der Waals surface area contributed by atoms with E-state index in [0.29, 0.717) is 11.9 Å². The number of anilines is 1. The number of aromatic nitrogens is 2. The van der Waals surface area contributed by atoms with Gasteiger partial charge in [0.1, 0.15) is 11.6 Å². The molecule has 1 aliphatic heterocycles. The van der Waals surface area contributed by atoms with Gasteiger partial charge in [-0.2, -0.15) is 0 Å². The first kappa shape index (κ1) is 12.1. The minimum atomic E-state index is -0.0832. The molecule has 2 heterocycles. The molecule has 0 radical (unpaired) electrons. The summed E-state index contributed by atoms with van der Waals surface area (Å²) in [5.74, 6) is 1.68. The smallest absolute Gasteiger partial charge is 0.252 e. The first-order chi connectivity index (χ1) is 8.15. The highest BCUT2D eigenvalue weighted by Gasteiger charge is 2.14. The fourth-order valence-corrected chi connectivity index (χ4v) is 2.00. The van der Waals surface area contributed by atoms with Crippen LogP contribution in [0.15, 0.2) is 10.9 Å². The molecular weight excluding hydrogens is 216 g/mol. The second-order valence-corrected chi connectivity index (χ2v) is 4.84. The third-order valence-corrected chi connectivity index (χ3v) is 3.00. The number of nitrogens with one attached hydrogen (secondary N) is 3. The Morgan fingerprint density at radius 1 is 1.41 bits per heavy atom. The highest BCUT2D eigenvalue weighted by atomic mass is 16.1. The van der Waals surface area contributed by atoms with Crippen LogP contribution >= 0.6 is 0 Å². The Kier molecular flexibility index (Phi) is 3.78. The van der Waals surface area contributed by atoms with Gasteiger partial charge in [-0.1, -0.05) is 13.8 Å². The van der Waals surface area contributed by atoms with E-state index in [0.717, 1.165) is 31.8 Å². The molecule has 3 N–H and O–H groups in total. The standard InChI is InChI=1S/C12H20N4O/c1-8(2)12-15-10(7-11(17)16-12)14-9-3-5-13-6-4-9/h7-9,13H,3-6H2,1-2H3,(H2,14,15,16,17). The van der Waals surface area contributed by atoms with Gasteiger partial charge >= 0.3 is 0 Å². The van der Waals surface area contributed by atoms with Gasteiger partial charge in [0.15, 0.2) is 0 Å². The minimum Gasteiger partial charge on any atom is -0.367 e. The molecule has 17 heavy (non-hydrogen) atoms. The molecule has 0 atom stereocenters. The molecule has 5 heteroatoms. The van der Waals surface area contributed by atoms with E-state index in [2.05, 4.69) is 20.6 Å². The van der Waals surface area contributed by atoms with Gasteiger partial charge in [0, 0.05) is 18.0 Å². The topological polar surface area (TPSA) is 69.8 Å². The predicted octanol–water partition coefficient (Wildman–Crippen LogP) is 1.06. The van der Waals surface area contributed by atoms with Crippen molar-refractivity contribution >= 4 is 5.82 Å². The second-order valence-electron chi connectivity index (χ2n) is 4.84. The number of aromatic amines is 1. The van der Waals surface area contributed by atoms with Crippen molar-refractivity contribution in [2.24, 2.45) is 0 Å². The summed E-state index contributed by atoms with van der Waals surface area (Å²) in [4.78, 5) is 18.7. The zero-order valence-corrected chi connectivity index (χ0v) is 10.4. The third kappa shape index (κ3) is 3.30. The molecule has 1 fully saturated rings. The average Bonchev–Trinajstić information content (AvgIpc) is 2.29. The highest BCUT2D eigenvalue weighted by Crippen LogP contribution is 2.12. The molecule has 0 amide bonds. The summed E-state index contributed by atoms with van der Waals surface area (Å²) >= 11 is 0. The van der Waals surface area contributed by atoms with Gasteiger partial charge in [0.2, 0.25) is 0 Å². The average molecular weight is 236 g/mol. The van der Waals surface area contributed by atoms with Crippen LogP contribution in [0, 0.1) is 0 Å². The predicted molar refractivity (Wildman–Crippen MR) is 68.5 cm³/mol. The largest absolute Gasteiger partial charge is 0.367 e. The zero-order chi connectivity index (χ0) is 12.3. The van der Waals surface area contributed by atoms with Crippen LogP contribution in [0.4, 0.5) is 5.82 Å². The van der Waals surface area contributed by atoms with Crippen molar-refractivity contribution in [1.29, 1.82) is 0 Å². The number of hydrogen-bond acceptors (Lipinski definition) is 4. The number of hydrogen-bond donors (Lipinski definition) is 3. The zero-order valence-electron chi connectivity index (χ0n) is 10.4. The first-order valence-corrected chi connectivity index (χ1v) is 6.23. The van der Waals surface area contributed by atoms with Gasteiger partial charge in [-0.05, 0) is 25.9 Å². The lowest BCUT2D eigenvalue weighted by molar-refractivity contribution is 0.478. The summed E-state index contributed by atoms with van der Waals surface area (Å²) in [6.45, 7) is 6.09. The van der Waals surface area contributed by atoms with Crippen molar-refractivity contribution in [3.8, 4) is 0 Å². The van der Waals surface area contributed by atoms with E-state index in [-0.39, 0.29) is 11.5 Å². The lowest BCUT2D eigenvalue weighted by atomic mass is 10.1. The lowest BCUT2D eigenvalue weighted by Gasteiger charge is -2.24. The summed E-state index contributed by atoms with van der Waals surface area (Å²) < 4.78 is 0. The van der Waals surface area contributed by atoms with Gasteiger partial charge in [0.25, 0.3) is 5.56 Å². The maximum Gasteiger partial charge on any atom is 0.252 e. The van der Waals surface area contributed by atoms with E-state index < -0.39 is 0 Å². The maximum absolute atomic E-state index is 11.5. The summed E-state index contributed by atoms with van der Waals surface area (Å²) in [7, 11) is 0. The summed E-state index contributed by atoms with van der Waals surface area (Å²) in [6, 6.07) is 1.96. The van der Waals surface area contributed by atoms with Crippen molar-refractivity contribution < 1.29 is 0 Å². The van der Waals surface area contributed by atoms with Crippen molar-refractivity contribution in [3.63, 3.8) is 0 Å². The van der Waals surface area contributed by atoms with Gasteiger partial charge in [-0.3, -0.25) is 4.79 Å². The molecule has 0 saturated carbocycles. The first-order valence-electron chi connectivity index (χ1n) is 6.23. The van der Waals surface area contributed by atoms with Gasteiger partial charge in [-0.25, -0.2) is 4.98 Å². The molecule has 0 unspecified atom stereocenters. The van der Waals surface area contributed by atoms with Gasteiger partial charge in [0.05, 0.1) is 0 Å². The number of H-pyrrole nitrogens is 1. The minimum absolute atomic E-state index is 0.0832. The molecule has 5 nitrogen and oxygen atoms in total. The number of rotatable bonds is 3. The van der Waals surface area contributed by atoms with Crippen LogP contribution < -0.4 is 16.2 Å². The monoisotopic (exact) mass is 236 g/mol. The lowest BCUT2D eigenvalue weighted by Crippen LogP contribution is -2.35. The van der Waals surface area contributed by atoms with E-state index in [1.165, 1.54) is 6.07 Å². The normalized spacial score (nSPS) is 17.4. The molecule has 1 aliphatic rings. The molecule has 1 saturated heterocycles. The maximum atomic E-state index is 11.5. The van der Waals surface area contributed by atoms with Crippen LogP contribution in [0.3, 0.4) is 0 Å². The molecule has 2 rings (SSSR count). The van der Waals surface area contributed by atoms with Crippen molar-refractivity contribution in [1.82, 2.24) is 15.3 Å². The molecule has 0 aromatic carbocycles. The number of piperidine rings is 1. The van der Waals surface area contributed by atoms with Crippen LogP contribution in [0.2, 0.25) is 0 Å². The highest BCUT2D eigenvalue weighted by molar-refractivity contribution is 5.34. The SMILES string of the molecule is CC(C)c1nc(NC2CCNCC2)cc(=O)[nH]1. The Bertz CT molecular complexity index is 421. The summed E-state index contributed by atoms with van der Waals surface area (Å²) in [5, 5.41) is 6.66. The second kappa shape index (κ2) is 5.31. The van der Waals surface area contributed by atoms with E-state index in [1.54, 1.807) is 0 Å². The fraction of sp³-hybridized carbons (Fsp3) is 0.667. The molecule has 94 valence electrons. The van der Waals surface area contributed by atoms with E-state index in [9.17, 15) is 4.79 Å². The van der Waals surface area contributed by atoms with Crippen LogP contribution in [0.1, 0.15) is 38.4 Å². The summed E-state index contributed by atoms with van der Waals surface area (Å²) in [6.07, 6.45) is 2.15. The van der Waals surface area contributed by atoms with Crippen molar-refractivity contribution in [2.45, 2.75) is 38.6 Å². The molecule has 1 aromatic heterocycles. The molecule has 0 spiro atoms.